The molecule has 3 heterocycles. The highest BCUT2D eigenvalue weighted by Gasteiger charge is 2.22. The molecule has 0 saturated carbocycles. The van der Waals surface area contributed by atoms with Crippen molar-refractivity contribution in [1.29, 1.82) is 0 Å². The third-order valence-electron chi connectivity index (χ3n) is 4.26. The van der Waals surface area contributed by atoms with Gasteiger partial charge in [-0.1, -0.05) is 0 Å². The summed E-state index contributed by atoms with van der Waals surface area (Å²) in [4.78, 5) is 21.4. The van der Waals surface area contributed by atoms with Gasteiger partial charge in [-0.05, 0) is 38.8 Å². The molecule has 0 atom stereocenters. The van der Waals surface area contributed by atoms with Gasteiger partial charge in [-0.2, -0.15) is 5.10 Å². The standard InChI is InChI=1S/C14H22N6O/c1-2-20-13(17-18-14(20)21)9-11-3-7-19(8-4-11)10-12-15-5-6-16-12/h5-6,11H,2-4,7-10H2,1H3,(H,15,16)(H,18,21). The molecule has 1 fully saturated rings. The van der Waals surface area contributed by atoms with Gasteiger partial charge in [0.1, 0.15) is 11.6 Å². The first-order valence-corrected chi connectivity index (χ1v) is 7.61. The van der Waals surface area contributed by atoms with E-state index >= 15 is 0 Å². The number of imidazole rings is 1. The predicted molar refractivity (Wildman–Crippen MR) is 78.8 cm³/mol. The first-order valence-electron chi connectivity index (χ1n) is 7.61. The summed E-state index contributed by atoms with van der Waals surface area (Å²) in [5.74, 6) is 2.53. The van der Waals surface area contributed by atoms with Crippen molar-refractivity contribution < 1.29 is 0 Å². The number of aromatic amines is 2. The molecular formula is C14H22N6O. The second kappa shape index (κ2) is 6.26. The second-order valence-corrected chi connectivity index (χ2v) is 5.65. The van der Waals surface area contributed by atoms with Crippen molar-refractivity contribution in [2.24, 2.45) is 5.92 Å². The molecule has 1 aliphatic rings. The molecule has 0 bridgehead atoms. The van der Waals surface area contributed by atoms with Crippen LogP contribution < -0.4 is 5.69 Å². The molecule has 0 aliphatic carbocycles. The van der Waals surface area contributed by atoms with Crippen LogP contribution in [0.4, 0.5) is 0 Å². The molecule has 2 aromatic heterocycles. The van der Waals surface area contributed by atoms with Gasteiger partial charge in [0, 0.05) is 25.4 Å². The van der Waals surface area contributed by atoms with Gasteiger partial charge in [-0.25, -0.2) is 14.9 Å². The van der Waals surface area contributed by atoms with Gasteiger partial charge < -0.3 is 4.98 Å². The molecule has 1 saturated heterocycles. The zero-order valence-corrected chi connectivity index (χ0v) is 12.4. The first-order chi connectivity index (χ1) is 10.3. The van der Waals surface area contributed by atoms with E-state index in [1.54, 1.807) is 10.8 Å². The molecule has 7 nitrogen and oxygen atoms in total. The van der Waals surface area contributed by atoms with Crippen molar-refractivity contribution in [2.45, 2.75) is 39.3 Å². The molecule has 21 heavy (non-hydrogen) atoms. The molecule has 0 unspecified atom stereocenters. The van der Waals surface area contributed by atoms with Crippen LogP contribution in [0, 0.1) is 5.92 Å². The van der Waals surface area contributed by atoms with Crippen molar-refractivity contribution >= 4 is 0 Å². The third kappa shape index (κ3) is 3.24. The Labute approximate surface area is 123 Å². The number of nitrogens with zero attached hydrogens (tertiary/aromatic N) is 4. The van der Waals surface area contributed by atoms with Crippen molar-refractivity contribution in [2.75, 3.05) is 13.1 Å². The molecule has 3 rings (SSSR count). The molecular weight excluding hydrogens is 268 g/mol. The fraction of sp³-hybridized carbons (Fsp3) is 0.643. The fourth-order valence-corrected chi connectivity index (χ4v) is 3.04. The van der Waals surface area contributed by atoms with Crippen molar-refractivity contribution in [3.8, 4) is 0 Å². The normalized spacial score (nSPS) is 17.4. The van der Waals surface area contributed by atoms with E-state index in [-0.39, 0.29) is 5.69 Å². The summed E-state index contributed by atoms with van der Waals surface area (Å²) in [5, 5.41) is 6.71. The van der Waals surface area contributed by atoms with Gasteiger partial charge in [-0.3, -0.25) is 9.47 Å². The predicted octanol–water partition coefficient (Wildman–Crippen LogP) is 0.769. The molecule has 1 aliphatic heterocycles. The summed E-state index contributed by atoms with van der Waals surface area (Å²) in [6, 6.07) is 0. The Morgan fingerprint density at radius 2 is 2.19 bits per heavy atom. The summed E-state index contributed by atoms with van der Waals surface area (Å²) in [5.41, 5.74) is -0.0947. The van der Waals surface area contributed by atoms with E-state index in [4.69, 9.17) is 0 Å². The maximum Gasteiger partial charge on any atom is 0.343 e. The van der Waals surface area contributed by atoms with E-state index in [9.17, 15) is 4.79 Å². The minimum absolute atomic E-state index is 0.0947. The van der Waals surface area contributed by atoms with Crippen LogP contribution in [-0.4, -0.2) is 42.7 Å². The summed E-state index contributed by atoms with van der Waals surface area (Å²) in [7, 11) is 0. The summed E-state index contributed by atoms with van der Waals surface area (Å²) < 4.78 is 1.73. The number of H-pyrrole nitrogens is 2. The quantitative estimate of drug-likeness (QED) is 0.852. The van der Waals surface area contributed by atoms with E-state index in [2.05, 4.69) is 25.1 Å². The highest BCUT2D eigenvalue weighted by molar-refractivity contribution is 4.92. The smallest absolute Gasteiger partial charge is 0.343 e. The topological polar surface area (TPSA) is 82.6 Å². The number of hydrogen-bond donors (Lipinski definition) is 2. The van der Waals surface area contributed by atoms with Gasteiger partial charge in [0.2, 0.25) is 0 Å². The Balaban J connectivity index is 1.52. The minimum Gasteiger partial charge on any atom is -0.348 e. The molecule has 2 N–H and O–H groups in total. The third-order valence-corrected chi connectivity index (χ3v) is 4.26. The van der Waals surface area contributed by atoms with Crippen LogP contribution in [0.3, 0.4) is 0 Å². The number of hydrogen-bond acceptors (Lipinski definition) is 4. The van der Waals surface area contributed by atoms with Crippen molar-refractivity contribution in [1.82, 2.24) is 29.6 Å². The lowest BCUT2D eigenvalue weighted by Gasteiger charge is -2.31. The first kappa shape index (κ1) is 14.1. The lowest BCUT2D eigenvalue weighted by Crippen LogP contribution is -2.34. The van der Waals surface area contributed by atoms with Crippen LogP contribution in [0.1, 0.15) is 31.4 Å². The summed E-state index contributed by atoms with van der Waals surface area (Å²) in [6.45, 7) is 5.70. The van der Waals surface area contributed by atoms with E-state index in [1.165, 1.54) is 0 Å². The SMILES string of the molecule is CCn1c(CC2CCN(Cc3ncc[nH]3)CC2)n[nH]c1=O. The van der Waals surface area contributed by atoms with Gasteiger partial charge >= 0.3 is 5.69 Å². The number of nitrogens with one attached hydrogen (secondary N) is 2. The Morgan fingerprint density at radius 3 is 2.86 bits per heavy atom. The van der Waals surface area contributed by atoms with Crippen LogP contribution in [-0.2, 0) is 19.5 Å². The van der Waals surface area contributed by atoms with E-state index in [0.717, 1.165) is 50.5 Å². The summed E-state index contributed by atoms with van der Waals surface area (Å²) in [6.07, 6.45) is 6.84. The molecule has 7 heteroatoms. The van der Waals surface area contributed by atoms with Gasteiger partial charge in [0.15, 0.2) is 0 Å². The zero-order valence-electron chi connectivity index (χ0n) is 12.4. The van der Waals surface area contributed by atoms with Gasteiger partial charge in [0.25, 0.3) is 0 Å². The van der Waals surface area contributed by atoms with Crippen LogP contribution in [0.5, 0.6) is 0 Å². The number of aromatic nitrogens is 5. The van der Waals surface area contributed by atoms with E-state index < -0.39 is 0 Å². The Hall–Kier alpha value is -1.89. The number of piperidine rings is 1. The van der Waals surface area contributed by atoms with Crippen molar-refractivity contribution in [3.63, 3.8) is 0 Å². The maximum atomic E-state index is 11.6. The lowest BCUT2D eigenvalue weighted by atomic mass is 9.93. The Morgan fingerprint density at radius 1 is 1.38 bits per heavy atom. The molecule has 0 spiro atoms. The van der Waals surface area contributed by atoms with Crippen LogP contribution in [0.2, 0.25) is 0 Å². The monoisotopic (exact) mass is 290 g/mol. The van der Waals surface area contributed by atoms with Crippen LogP contribution >= 0.6 is 0 Å². The van der Waals surface area contributed by atoms with Crippen LogP contribution in [0.25, 0.3) is 0 Å². The van der Waals surface area contributed by atoms with Gasteiger partial charge in [-0.15, -0.1) is 0 Å². The lowest BCUT2D eigenvalue weighted by molar-refractivity contribution is 0.172. The van der Waals surface area contributed by atoms with E-state index in [1.807, 2.05) is 13.1 Å². The summed E-state index contributed by atoms with van der Waals surface area (Å²) >= 11 is 0. The zero-order chi connectivity index (χ0) is 14.7. The number of likely N-dealkylation sites (tertiary alicyclic amines) is 1. The largest absolute Gasteiger partial charge is 0.348 e. The average molecular weight is 290 g/mol. The molecule has 0 amide bonds. The molecule has 2 aromatic rings. The number of rotatable bonds is 5. The highest BCUT2D eigenvalue weighted by atomic mass is 16.1. The van der Waals surface area contributed by atoms with Gasteiger partial charge in [0.05, 0.1) is 6.54 Å². The van der Waals surface area contributed by atoms with E-state index in [0.29, 0.717) is 12.5 Å². The average Bonchev–Trinajstić information content (AvgIpc) is 3.11. The molecule has 114 valence electrons. The molecule has 0 radical (unpaired) electrons. The Kier molecular flexibility index (Phi) is 4.19. The molecule has 0 aromatic carbocycles. The Bertz CT molecular complexity index is 606. The van der Waals surface area contributed by atoms with Crippen LogP contribution in [0.15, 0.2) is 17.2 Å². The minimum atomic E-state index is -0.0947. The highest BCUT2D eigenvalue weighted by Crippen LogP contribution is 2.21. The fourth-order valence-electron chi connectivity index (χ4n) is 3.04. The maximum absolute atomic E-state index is 11.6. The second-order valence-electron chi connectivity index (χ2n) is 5.65. The van der Waals surface area contributed by atoms with Crippen molar-refractivity contribution in [3.05, 3.63) is 34.5 Å².